The lowest BCUT2D eigenvalue weighted by atomic mass is 10.1. The van der Waals surface area contributed by atoms with Gasteiger partial charge in [-0.25, -0.2) is 4.39 Å². The second-order valence-electron chi connectivity index (χ2n) is 6.74. The third-order valence-corrected chi connectivity index (χ3v) is 5.23. The molecular formula is C22H18ClFN2O3. The molecule has 1 aromatic heterocycles. The number of benzene rings is 2. The van der Waals surface area contributed by atoms with Crippen LogP contribution in [0.2, 0.25) is 5.02 Å². The summed E-state index contributed by atoms with van der Waals surface area (Å²) in [4.78, 5) is 28.7. The minimum absolute atomic E-state index is 0.140. The second kappa shape index (κ2) is 8.09. The van der Waals surface area contributed by atoms with Crippen molar-refractivity contribution in [2.45, 2.75) is 0 Å². The van der Waals surface area contributed by atoms with Crippen molar-refractivity contribution in [2.75, 3.05) is 26.2 Å². The highest BCUT2D eigenvalue weighted by molar-refractivity contribution is 6.33. The van der Waals surface area contributed by atoms with E-state index in [1.807, 2.05) is 0 Å². The molecule has 1 aliphatic heterocycles. The van der Waals surface area contributed by atoms with Gasteiger partial charge in [-0.1, -0.05) is 23.7 Å². The average molecular weight is 413 g/mol. The number of hydrogen-bond donors (Lipinski definition) is 0. The fraction of sp³-hybridized carbons (Fsp3) is 0.182. The zero-order chi connectivity index (χ0) is 20.4. The predicted molar refractivity (Wildman–Crippen MR) is 107 cm³/mol. The van der Waals surface area contributed by atoms with E-state index >= 15 is 0 Å². The predicted octanol–water partition coefficient (Wildman–Crippen LogP) is 4.34. The molecule has 0 bridgehead atoms. The maximum Gasteiger partial charge on any atom is 0.289 e. The Morgan fingerprint density at radius 1 is 0.828 bits per heavy atom. The van der Waals surface area contributed by atoms with Gasteiger partial charge in [0.25, 0.3) is 11.8 Å². The molecule has 0 radical (unpaired) electrons. The summed E-state index contributed by atoms with van der Waals surface area (Å²) in [6.07, 6.45) is 0. The molecule has 0 spiro atoms. The lowest BCUT2D eigenvalue weighted by Crippen LogP contribution is -2.50. The van der Waals surface area contributed by atoms with E-state index in [2.05, 4.69) is 0 Å². The molecule has 148 valence electrons. The Hall–Kier alpha value is -3.12. The van der Waals surface area contributed by atoms with Crippen LogP contribution in [-0.2, 0) is 0 Å². The van der Waals surface area contributed by atoms with Crippen molar-refractivity contribution in [2.24, 2.45) is 0 Å². The van der Waals surface area contributed by atoms with Gasteiger partial charge in [-0.05, 0) is 48.5 Å². The molecule has 0 atom stereocenters. The molecule has 3 aromatic rings. The van der Waals surface area contributed by atoms with Gasteiger partial charge in [0, 0.05) is 31.7 Å². The molecular weight excluding hydrogens is 395 g/mol. The van der Waals surface area contributed by atoms with Crippen molar-refractivity contribution in [1.29, 1.82) is 0 Å². The van der Waals surface area contributed by atoms with Gasteiger partial charge in [0.05, 0.1) is 10.6 Å². The Balaban J connectivity index is 1.40. The molecule has 2 heterocycles. The zero-order valence-electron chi connectivity index (χ0n) is 15.5. The minimum atomic E-state index is -0.333. The molecule has 7 heteroatoms. The smallest absolute Gasteiger partial charge is 0.289 e. The van der Waals surface area contributed by atoms with Gasteiger partial charge in [0.2, 0.25) is 0 Å². The van der Waals surface area contributed by atoms with Gasteiger partial charge in [-0.2, -0.15) is 0 Å². The van der Waals surface area contributed by atoms with Crippen LogP contribution in [0.4, 0.5) is 4.39 Å². The fourth-order valence-electron chi connectivity index (χ4n) is 3.30. The summed E-state index contributed by atoms with van der Waals surface area (Å²) >= 11 is 6.11. The molecule has 1 fully saturated rings. The Kier molecular flexibility index (Phi) is 5.36. The van der Waals surface area contributed by atoms with Gasteiger partial charge >= 0.3 is 0 Å². The van der Waals surface area contributed by atoms with Crippen LogP contribution >= 0.6 is 11.6 Å². The summed E-state index contributed by atoms with van der Waals surface area (Å²) in [5.74, 6) is 0.0133. The molecule has 5 nitrogen and oxygen atoms in total. The van der Waals surface area contributed by atoms with E-state index < -0.39 is 0 Å². The molecule has 0 N–H and O–H groups in total. The summed E-state index contributed by atoms with van der Waals surface area (Å²) in [5.41, 5.74) is 1.16. The summed E-state index contributed by atoms with van der Waals surface area (Å²) in [6.45, 7) is 1.64. The third kappa shape index (κ3) is 4.03. The van der Waals surface area contributed by atoms with Crippen LogP contribution in [-0.4, -0.2) is 47.8 Å². The summed E-state index contributed by atoms with van der Waals surface area (Å²) in [6, 6.07) is 16.1. The molecule has 0 saturated carbocycles. The SMILES string of the molecule is O=C(c1ccc(-c2ccc(F)cc2)o1)N1CCN(C(=O)c2ccccc2Cl)CC1. The molecule has 1 saturated heterocycles. The molecule has 0 aliphatic carbocycles. The van der Waals surface area contributed by atoms with Gasteiger partial charge in [-0.15, -0.1) is 0 Å². The first-order valence-corrected chi connectivity index (χ1v) is 9.59. The van der Waals surface area contributed by atoms with E-state index in [9.17, 15) is 14.0 Å². The summed E-state index contributed by atoms with van der Waals surface area (Å²) < 4.78 is 18.7. The van der Waals surface area contributed by atoms with Crippen molar-refractivity contribution in [3.8, 4) is 11.3 Å². The highest BCUT2D eigenvalue weighted by atomic mass is 35.5. The first kappa shape index (κ1) is 19.2. The number of piperazine rings is 1. The number of carbonyl (C=O) groups is 2. The monoisotopic (exact) mass is 412 g/mol. The number of hydrogen-bond acceptors (Lipinski definition) is 3. The summed E-state index contributed by atoms with van der Waals surface area (Å²) in [7, 11) is 0. The number of nitrogens with zero attached hydrogens (tertiary/aromatic N) is 2. The van der Waals surface area contributed by atoms with Crippen LogP contribution in [0, 0.1) is 5.82 Å². The molecule has 2 aromatic carbocycles. The highest BCUT2D eigenvalue weighted by Crippen LogP contribution is 2.24. The van der Waals surface area contributed by atoms with Gasteiger partial charge < -0.3 is 14.2 Å². The van der Waals surface area contributed by atoms with Crippen molar-refractivity contribution >= 4 is 23.4 Å². The quantitative estimate of drug-likeness (QED) is 0.643. The van der Waals surface area contributed by atoms with E-state index in [1.54, 1.807) is 58.3 Å². The van der Waals surface area contributed by atoms with Crippen LogP contribution in [0.15, 0.2) is 65.1 Å². The van der Waals surface area contributed by atoms with E-state index in [0.717, 1.165) is 0 Å². The van der Waals surface area contributed by atoms with Gasteiger partial charge in [-0.3, -0.25) is 9.59 Å². The van der Waals surface area contributed by atoms with Crippen LogP contribution in [0.25, 0.3) is 11.3 Å². The largest absolute Gasteiger partial charge is 0.451 e. The standard InChI is InChI=1S/C22H18ClFN2O3/c23-18-4-2-1-3-17(18)21(27)25-11-13-26(14-12-25)22(28)20-10-9-19(29-20)15-5-7-16(24)8-6-15/h1-10H,11-14H2. The van der Waals surface area contributed by atoms with Crippen LogP contribution in [0.5, 0.6) is 0 Å². The Labute approximate surface area is 172 Å². The highest BCUT2D eigenvalue weighted by Gasteiger charge is 2.27. The van der Waals surface area contributed by atoms with Crippen molar-refractivity contribution in [1.82, 2.24) is 9.80 Å². The van der Waals surface area contributed by atoms with E-state index in [0.29, 0.717) is 48.1 Å². The second-order valence-corrected chi connectivity index (χ2v) is 7.14. The molecule has 2 amide bonds. The third-order valence-electron chi connectivity index (χ3n) is 4.90. The lowest BCUT2D eigenvalue weighted by molar-refractivity contribution is 0.0519. The van der Waals surface area contributed by atoms with E-state index in [1.165, 1.54) is 12.1 Å². The number of rotatable bonds is 3. The molecule has 0 unspecified atom stereocenters. The fourth-order valence-corrected chi connectivity index (χ4v) is 3.51. The van der Waals surface area contributed by atoms with Crippen LogP contribution < -0.4 is 0 Å². The minimum Gasteiger partial charge on any atom is -0.451 e. The number of carbonyl (C=O) groups excluding carboxylic acids is 2. The van der Waals surface area contributed by atoms with Gasteiger partial charge in [0.1, 0.15) is 11.6 Å². The molecule has 1 aliphatic rings. The Morgan fingerprint density at radius 2 is 1.45 bits per heavy atom. The lowest BCUT2D eigenvalue weighted by Gasteiger charge is -2.34. The number of amides is 2. The normalized spacial score (nSPS) is 14.1. The molecule has 4 rings (SSSR count). The van der Waals surface area contributed by atoms with Crippen LogP contribution in [0.3, 0.4) is 0 Å². The number of furan rings is 1. The van der Waals surface area contributed by atoms with E-state index in [4.69, 9.17) is 16.0 Å². The maximum atomic E-state index is 13.1. The Morgan fingerprint density at radius 3 is 2.10 bits per heavy atom. The van der Waals surface area contributed by atoms with Crippen LogP contribution in [0.1, 0.15) is 20.9 Å². The number of halogens is 2. The first-order chi connectivity index (χ1) is 14.0. The summed E-state index contributed by atoms with van der Waals surface area (Å²) in [5, 5.41) is 0.417. The topological polar surface area (TPSA) is 53.8 Å². The molecule has 29 heavy (non-hydrogen) atoms. The van der Waals surface area contributed by atoms with Crippen molar-refractivity contribution in [3.05, 3.63) is 82.8 Å². The van der Waals surface area contributed by atoms with Gasteiger partial charge in [0.15, 0.2) is 5.76 Å². The van der Waals surface area contributed by atoms with Crippen molar-refractivity contribution < 1.29 is 18.4 Å². The van der Waals surface area contributed by atoms with Crippen molar-refractivity contribution in [3.63, 3.8) is 0 Å². The zero-order valence-corrected chi connectivity index (χ0v) is 16.2. The maximum absolute atomic E-state index is 13.1. The van der Waals surface area contributed by atoms with E-state index in [-0.39, 0.29) is 23.4 Å². The average Bonchev–Trinajstić information content (AvgIpc) is 3.24. The first-order valence-electron chi connectivity index (χ1n) is 9.22. The Bertz CT molecular complexity index is 1040.